The highest BCUT2D eigenvalue weighted by Gasteiger charge is 2.19. The smallest absolute Gasteiger partial charge is 0.355 e. The normalized spacial score (nSPS) is 10.6. The molecule has 0 saturated heterocycles. The minimum Gasteiger partial charge on any atom is -0.465 e. The highest BCUT2D eigenvalue weighted by atomic mass is 16.5. The van der Waals surface area contributed by atoms with Crippen molar-refractivity contribution >= 4 is 22.8 Å². The SMILES string of the molecule is CCCCc1c(C(=O)OCC)[nH]c2cc(C(=O)OC)ccc2c1=O. The molecule has 2 rings (SSSR count). The van der Waals surface area contributed by atoms with Gasteiger partial charge in [-0.3, -0.25) is 4.79 Å². The standard InChI is InChI=1S/C18H21NO5/c1-4-6-7-13-15(18(22)24-5-2)19-14-10-11(17(21)23-3)8-9-12(14)16(13)20/h8-10H,4-7H2,1-3H3,(H,19,20). The van der Waals surface area contributed by atoms with E-state index < -0.39 is 11.9 Å². The second kappa shape index (κ2) is 7.77. The molecule has 0 atom stereocenters. The highest BCUT2D eigenvalue weighted by molar-refractivity contribution is 5.96. The van der Waals surface area contributed by atoms with Crippen LogP contribution in [0.1, 0.15) is 53.1 Å². The molecule has 1 heterocycles. The van der Waals surface area contributed by atoms with E-state index in [9.17, 15) is 14.4 Å². The largest absolute Gasteiger partial charge is 0.465 e. The summed E-state index contributed by atoms with van der Waals surface area (Å²) >= 11 is 0. The maximum atomic E-state index is 12.8. The molecule has 0 fully saturated rings. The number of ether oxygens (including phenoxy) is 2. The topological polar surface area (TPSA) is 85.5 Å². The Balaban J connectivity index is 2.67. The van der Waals surface area contributed by atoms with Crippen LogP contribution >= 0.6 is 0 Å². The fourth-order valence-electron chi connectivity index (χ4n) is 2.55. The number of benzene rings is 1. The van der Waals surface area contributed by atoms with Crippen LogP contribution in [0.3, 0.4) is 0 Å². The molecule has 0 spiro atoms. The number of methoxy groups -OCH3 is 1. The number of unbranched alkanes of at least 4 members (excludes halogenated alkanes) is 1. The van der Waals surface area contributed by atoms with Crippen molar-refractivity contribution in [2.45, 2.75) is 33.1 Å². The summed E-state index contributed by atoms with van der Waals surface area (Å²) in [6.07, 6.45) is 2.19. The summed E-state index contributed by atoms with van der Waals surface area (Å²) in [6, 6.07) is 4.62. The molecule has 0 aliphatic rings. The predicted octanol–water partition coefficient (Wildman–Crippen LogP) is 2.83. The fraction of sp³-hybridized carbons (Fsp3) is 0.389. The maximum Gasteiger partial charge on any atom is 0.355 e. The van der Waals surface area contributed by atoms with Crippen molar-refractivity contribution in [1.29, 1.82) is 0 Å². The first-order valence-electron chi connectivity index (χ1n) is 7.97. The Morgan fingerprint density at radius 1 is 1.17 bits per heavy atom. The molecule has 1 aromatic carbocycles. The first kappa shape index (κ1) is 17.7. The van der Waals surface area contributed by atoms with Crippen molar-refractivity contribution in [3.05, 3.63) is 45.2 Å². The molecule has 2 aromatic rings. The third kappa shape index (κ3) is 3.48. The maximum absolute atomic E-state index is 12.8. The van der Waals surface area contributed by atoms with Crippen LogP contribution in [0.5, 0.6) is 0 Å². The zero-order valence-electron chi connectivity index (χ0n) is 14.1. The number of nitrogens with one attached hydrogen (secondary N) is 1. The quantitative estimate of drug-likeness (QED) is 0.823. The Bertz CT molecular complexity index is 822. The summed E-state index contributed by atoms with van der Waals surface area (Å²) in [4.78, 5) is 39.6. The van der Waals surface area contributed by atoms with Crippen LogP contribution in [-0.2, 0) is 15.9 Å². The molecule has 1 N–H and O–H groups in total. The zero-order valence-corrected chi connectivity index (χ0v) is 14.1. The van der Waals surface area contributed by atoms with Gasteiger partial charge in [0.25, 0.3) is 0 Å². The average molecular weight is 331 g/mol. The molecule has 0 aliphatic heterocycles. The minimum atomic E-state index is -0.564. The van der Waals surface area contributed by atoms with E-state index in [-0.39, 0.29) is 17.7 Å². The van der Waals surface area contributed by atoms with Gasteiger partial charge < -0.3 is 14.5 Å². The van der Waals surface area contributed by atoms with Gasteiger partial charge in [0.05, 0.1) is 24.8 Å². The predicted molar refractivity (Wildman–Crippen MR) is 90.5 cm³/mol. The van der Waals surface area contributed by atoms with Crippen LogP contribution in [0.25, 0.3) is 10.9 Å². The lowest BCUT2D eigenvalue weighted by Gasteiger charge is -2.11. The number of aromatic nitrogens is 1. The molecule has 0 unspecified atom stereocenters. The molecule has 0 radical (unpaired) electrons. The van der Waals surface area contributed by atoms with Crippen molar-refractivity contribution in [3.8, 4) is 0 Å². The number of pyridine rings is 1. The molecule has 24 heavy (non-hydrogen) atoms. The molecule has 6 heteroatoms. The van der Waals surface area contributed by atoms with E-state index in [1.54, 1.807) is 13.0 Å². The van der Waals surface area contributed by atoms with Gasteiger partial charge >= 0.3 is 11.9 Å². The minimum absolute atomic E-state index is 0.157. The molecule has 0 amide bonds. The van der Waals surface area contributed by atoms with Crippen molar-refractivity contribution in [3.63, 3.8) is 0 Å². The summed E-state index contributed by atoms with van der Waals surface area (Å²) in [6.45, 7) is 3.94. The lowest BCUT2D eigenvalue weighted by atomic mass is 10.0. The molecular weight excluding hydrogens is 310 g/mol. The van der Waals surface area contributed by atoms with Crippen LogP contribution in [0.2, 0.25) is 0 Å². The van der Waals surface area contributed by atoms with Gasteiger partial charge in [0.15, 0.2) is 5.43 Å². The molecule has 0 aliphatic carbocycles. The third-order valence-corrected chi connectivity index (χ3v) is 3.78. The van der Waals surface area contributed by atoms with Crippen LogP contribution in [0.15, 0.2) is 23.0 Å². The number of fused-ring (bicyclic) bond motifs is 1. The van der Waals surface area contributed by atoms with Crippen LogP contribution < -0.4 is 5.43 Å². The van der Waals surface area contributed by atoms with E-state index in [0.29, 0.717) is 28.5 Å². The number of H-pyrrole nitrogens is 1. The van der Waals surface area contributed by atoms with Gasteiger partial charge in [0.2, 0.25) is 0 Å². The van der Waals surface area contributed by atoms with Crippen LogP contribution in [-0.4, -0.2) is 30.6 Å². The van der Waals surface area contributed by atoms with E-state index in [1.807, 2.05) is 6.92 Å². The van der Waals surface area contributed by atoms with Crippen molar-refractivity contribution in [2.75, 3.05) is 13.7 Å². The summed E-state index contributed by atoms with van der Waals surface area (Å²) in [7, 11) is 1.28. The van der Waals surface area contributed by atoms with Crippen molar-refractivity contribution < 1.29 is 19.1 Å². The van der Waals surface area contributed by atoms with Gasteiger partial charge in [0, 0.05) is 10.9 Å². The van der Waals surface area contributed by atoms with E-state index in [2.05, 4.69) is 9.72 Å². The summed E-state index contributed by atoms with van der Waals surface area (Å²) in [5, 5.41) is 0.432. The number of hydrogen-bond acceptors (Lipinski definition) is 5. The Labute approximate surface area is 139 Å². The van der Waals surface area contributed by atoms with Gasteiger partial charge in [-0.2, -0.15) is 0 Å². The first-order chi connectivity index (χ1) is 11.5. The number of aromatic amines is 1. The fourth-order valence-corrected chi connectivity index (χ4v) is 2.55. The first-order valence-corrected chi connectivity index (χ1v) is 7.97. The van der Waals surface area contributed by atoms with E-state index >= 15 is 0 Å². The van der Waals surface area contributed by atoms with Gasteiger partial charge in [-0.15, -0.1) is 0 Å². The number of carbonyl (C=O) groups excluding carboxylic acids is 2. The summed E-state index contributed by atoms with van der Waals surface area (Å²) in [5.74, 6) is -1.07. The Morgan fingerprint density at radius 3 is 2.54 bits per heavy atom. The number of esters is 2. The van der Waals surface area contributed by atoms with Crippen LogP contribution in [0.4, 0.5) is 0 Å². The second-order valence-electron chi connectivity index (χ2n) is 5.38. The number of hydrogen-bond donors (Lipinski definition) is 1. The molecule has 0 bridgehead atoms. The number of carbonyl (C=O) groups is 2. The van der Waals surface area contributed by atoms with Gasteiger partial charge in [-0.1, -0.05) is 13.3 Å². The summed E-state index contributed by atoms with van der Waals surface area (Å²) in [5.41, 5.74) is 1.08. The molecule has 0 saturated carbocycles. The average Bonchev–Trinajstić information content (AvgIpc) is 2.59. The van der Waals surface area contributed by atoms with Gasteiger partial charge in [-0.05, 0) is 38.0 Å². The van der Waals surface area contributed by atoms with E-state index in [1.165, 1.54) is 19.2 Å². The second-order valence-corrected chi connectivity index (χ2v) is 5.38. The van der Waals surface area contributed by atoms with Crippen molar-refractivity contribution in [1.82, 2.24) is 4.98 Å². The Kier molecular flexibility index (Phi) is 5.73. The molecule has 128 valence electrons. The lowest BCUT2D eigenvalue weighted by molar-refractivity contribution is 0.0517. The Hall–Kier alpha value is -2.63. The lowest BCUT2D eigenvalue weighted by Crippen LogP contribution is -2.20. The van der Waals surface area contributed by atoms with Gasteiger partial charge in [0.1, 0.15) is 5.69 Å². The molecular formula is C18H21NO5. The zero-order chi connectivity index (χ0) is 17.7. The Morgan fingerprint density at radius 2 is 1.92 bits per heavy atom. The van der Waals surface area contributed by atoms with Crippen LogP contribution in [0, 0.1) is 0 Å². The molecule has 6 nitrogen and oxygen atoms in total. The van der Waals surface area contributed by atoms with Gasteiger partial charge in [-0.25, -0.2) is 9.59 Å². The third-order valence-electron chi connectivity index (χ3n) is 3.78. The molecule has 1 aromatic heterocycles. The van der Waals surface area contributed by atoms with Crippen molar-refractivity contribution in [2.24, 2.45) is 0 Å². The monoisotopic (exact) mass is 331 g/mol. The highest BCUT2D eigenvalue weighted by Crippen LogP contribution is 2.17. The van der Waals surface area contributed by atoms with E-state index in [4.69, 9.17) is 4.74 Å². The van der Waals surface area contributed by atoms with E-state index in [0.717, 1.165) is 12.8 Å². The summed E-state index contributed by atoms with van der Waals surface area (Å²) < 4.78 is 9.74. The number of rotatable bonds is 6.